The molecule has 124 valence electrons. The van der Waals surface area contributed by atoms with Crippen molar-refractivity contribution in [3.8, 4) is 0 Å². The average Bonchev–Trinajstić information content (AvgIpc) is 3.14. The van der Waals surface area contributed by atoms with Gasteiger partial charge in [-0.05, 0) is 30.9 Å². The second-order valence-corrected chi connectivity index (χ2v) is 7.39. The first-order chi connectivity index (χ1) is 10.9. The molecule has 1 amide bonds. The Labute approximate surface area is 139 Å². The number of carbonyl (C=O) groups excluding carboxylic acids is 1. The van der Waals surface area contributed by atoms with Gasteiger partial charge in [-0.1, -0.05) is 12.1 Å². The van der Waals surface area contributed by atoms with Crippen LogP contribution in [0.2, 0.25) is 0 Å². The predicted molar refractivity (Wildman–Crippen MR) is 86.3 cm³/mol. The van der Waals surface area contributed by atoms with Gasteiger partial charge in [0.05, 0.1) is 24.2 Å². The molecular weight excluding hydrogens is 314 g/mol. The summed E-state index contributed by atoms with van der Waals surface area (Å²) in [5.41, 5.74) is 0.545. The molecule has 0 saturated heterocycles. The van der Waals surface area contributed by atoms with Crippen LogP contribution >= 0.6 is 11.3 Å². The second-order valence-electron chi connectivity index (χ2n) is 6.39. The standard InChI is InChI=1S/C16H21N3O3S/c1-9(13-11-6-8-23-12(11)5-7-21-13)14-17-15(19-22-14)16(3,4)18-10(2)20/h6,8-9,13H,5,7H2,1-4H3,(H,18,20). The summed E-state index contributed by atoms with van der Waals surface area (Å²) in [5.74, 6) is 0.823. The maximum atomic E-state index is 11.3. The molecule has 23 heavy (non-hydrogen) atoms. The molecule has 0 spiro atoms. The molecular formula is C16H21N3O3S. The molecule has 6 nitrogen and oxygen atoms in total. The first-order valence-corrected chi connectivity index (χ1v) is 8.57. The molecule has 0 fully saturated rings. The second kappa shape index (κ2) is 6.05. The Morgan fingerprint density at radius 2 is 2.30 bits per heavy atom. The molecule has 1 aliphatic rings. The summed E-state index contributed by atoms with van der Waals surface area (Å²) >= 11 is 1.76. The van der Waals surface area contributed by atoms with E-state index in [1.54, 1.807) is 11.3 Å². The number of nitrogens with one attached hydrogen (secondary N) is 1. The van der Waals surface area contributed by atoms with Gasteiger partial charge in [-0.3, -0.25) is 4.79 Å². The van der Waals surface area contributed by atoms with Crippen LogP contribution in [0.3, 0.4) is 0 Å². The van der Waals surface area contributed by atoms with E-state index >= 15 is 0 Å². The smallest absolute Gasteiger partial charge is 0.232 e. The lowest BCUT2D eigenvalue weighted by Crippen LogP contribution is -2.40. The Balaban J connectivity index is 1.83. The average molecular weight is 335 g/mol. The van der Waals surface area contributed by atoms with E-state index in [0.29, 0.717) is 18.3 Å². The van der Waals surface area contributed by atoms with Crippen molar-refractivity contribution in [3.63, 3.8) is 0 Å². The summed E-state index contributed by atoms with van der Waals surface area (Å²) < 4.78 is 11.4. The van der Waals surface area contributed by atoms with Gasteiger partial charge in [-0.2, -0.15) is 4.98 Å². The summed E-state index contributed by atoms with van der Waals surface area (Å²) in [5, 5.41) is 8.97. The van der Waals surface area contributed by atoms with Crippen LogP contribution in [0.5, 0.6) is 0 Å². The van der Waals surface area contributed by atoms with E-state index in [-0.39, 0.29) is 17.9 Å². The van der Waals surface area contributed by atoms with Crippen molar-refractivity contribution in [2.24, 2.45) is 0 Å². The highest BCUT2D eigenvalue weighted by atomic mass is 32.1. The fourth-order valence-corrected chi connectivity index (χ4v) is 3.79. The van der Waals surface area contributed by atoms with Crippen molar-refractivity contribution < 1.29 is 14.1 Å². The zero-order chi connectivity index (χ0) is 16.6. The molecule has 1 aliphatic heterocycles. The number of fused-ring (bicyclic) bond motifs is 1. The van der Waals surface area contributed by atoms with Crippen LogP contribution in [-0.2, 0) is 21.5 Å². The maximum Gasteiger partial charge on any atom is 0.232 e. The molecule has 0 bridgehead atoms. The van der Waals surface area contributed by atoms with Crippen molar-refractivity contribution in [1.29, 1.82) is 0 Å². The van der Waals surface area contributed by atoms with Crippen LogP contribution in [-0.4, -0.2) is 22.7 Å². The molecule has 0 aromatic carbocycles. The Morgan fingerprint density at radius 1 is 1.52 bits per heavy atom. The van der Waals surface area contributed by atoms with E-state index in [2.05, 4.69) is 26.9 Å². The molecule has 0 aliphatic carbocycles. The molecule has 3 heterocycles. The monoisotopic (exact) mass is 335 g/mol. The molecule has 3 rings (SSSR count). The number of aromatic nitrogens is 2. The Bertz CT molecular complexity index is 707. The SMILES string of the molecule is CC(=O)NC(C)(C)c1noc(C(C)C2OCCc3sccc32)n1. The van der Waals surface area contributed by atoms with E-state index in [1.807, 2.05) is 20.8 Å². The van der Waals surface area contributed by atoms with Crippen molar-refractivity contribution in [2.45, 2.75) is 51.7 Å². The molecule has 0 saturated carbocycles. The van der Waals surface area contributed by atoms with Gasteiger partial charge >= 0.3 is 0 Å². The lowest BCUT2D eigenvalue weighted by molar-refractivity contribution is -0.120. The van der Waals surface area contributed by atoms with Crippen LogP contribution in [0.25, 0.3) is 0 Å². The van der Waals surface area contributed by atoms with Crippen molar-refractivity contribution in [2.75, 3.05) is 6.61 Å². The van der Waals surface area contributed by atoms with Crippen molar-refractivity contribution in [1.82, 2.24) is 15.5 Å². The zero-order valence-electron chi connectivity index (χ0n) is 13.8. The highest BCUT2D eigenvalue weighted by Gasteiger charge is 2.34. The highest BCUT2D eigenvalue weighted by Crippen LogP contribution is 2.40. The zero-order valence-corrected chi connectivity index (χ0v) is 14.6. The lowest BCUT2D eigenvalue weighted by atomic mass is 9.95. The minimum Gasteiger partial charge on any atom is -0.372 e. The van der Waals surface area contributed by atoms with Crippen molar-refractivity contribution >= 4 is 17.2 Å². The summed E-state index contributed by atoms with van der Waals surface area (Å²) in [6.45, 7) is 7.91. The van der Waals surface area contributed by atoms with Gasteiger partial charge in [0.25, 0.3) is 0 Å². The Kier molecular flexibility index (Phi) is 4.25. The third-order valence-electron chi connectivity index (χ3n) is 4.05. The Morgan fingerprint density at radius 3 is 3.04 bits per heavy atom. The number of hydrogen-bond acceptors (Lipinski definition) is 6. The van der Waals surface area contributed by atoms with Gasteiger partial charge in [-0.25, -0.2) is 0 Å². The fraction of sp³-hybridized carbons (Fsp3) is 0.562. The normalized spacial score (nSPS) is 19.2. The van der Waals surface area contributed by atoms with Crippen LogP contribution in [0.1, 0.15) is 61.9 Å². The molecule has 2 aromatic heterocycles. The van der Waals surface area contributed by atoms with Crippen LogP contribution in [0.4, 0.5) is 0 Å². The Hall–Kier alpha value is -1.73. The summed E-state index contributed by atoms with van der Waals surface area (Å²) in [6.07, 6.45) is 0.892. The first kappa shape index (κ1) is 16.1. The van der Waals surface area contributed by atoms with E-state index in [0.717, 1.165) is 6.42 Å². The van der Waals surface area contributed by atoms with Gasteiger partial charge in [0, 0.05) is 18.2 Å². The van der Waals surface area contributed by atoms with Gasteiger partial charge in [-0.15, -0.1) is 11.3 Å². The molecule has 2 unspecified atom stereocenters. The van der Waals surface area contributed by atoms with E-state index in [1.165, 1.54) is 17.4 Å². The molecule has 0 radical (unpaired) electrons. The number of hydrogen-bond donors (Lipinski definition) is 1. The number of carbonyl (C=O) groups is 1. The molecule has 2 atom stereocenters. The predicted octanol–water partition coefficient (Wildman–Crippen LogP) is 2.92. The van der Waals surface area contributed by atoms with Gasteiger partial charge in [0.15, 0.2) is 5.82 Å². The molecule has 7 heteroatoms. The summed E-state index contributed by atoms with van der Waals surface area (Å²) in [4.78, 5) is 17.2. The van der Waals surface area contributed by atoms with Crippen LogP contribution in [0, 0.1) is 0 Å². The van der Waals surface area contributed by atoms with E-state index in [4.69, 9.17) is 9.26 Å². The lowest BCUT2D eigenvalue weighted by Gasteiger charge is -2.26. The number of rotatable bonds is 4. The fourth-order valence-electron chi connectivity index (χ4n) is 2.89. The third kappa shape index (κ3) is 3.16. The maximum absolute atomic E-state index is 11.3. The minimum atomic E-state index is -0.672. The van der Waals surface area contributed by atoms with Gasteiger partial charge in [0.2, 0.25) is 11.8 Å². The quantitative estimate of drug-likeness (QED) is 0.929. The molecule has 2 aromatic rings. The summed E-state index contributed by atoms with van der Waals surface area (Å²) in [6, 6.07) is 2.11. The van der Waals surface area contributed by atoms with E-state index in [9.17, 15) is 4.79 Å². The topological polar surface area (TPSA) is 77.2 Å². The number of thiophene rings is 1. The number of ether oxygens (including phenoxy) is 1. The third-order valence-corrected chi connectivity index (χ3v) is 5.04. The van der Waals surface area contributed by atoms with E-state index < -0.39 is 5.54 Å². The minimum absolute atomic E-state index is 0.0435. The van der Waals surface area contributed by atoms with Crippen molar-refractivity contribution in [3.05, 3.63) is 33.6 Å². The van der Waals surface area contributed by atoms with Gasteiger partial charge < -0.3 is 14.6 Å². The highest BCUT2D eigenvalue weighted by molar-refractivity contribution is 7.10. The molecule has 1 N–H and O–H groups in total. The number of amides is 1. The largest absolute Gasteiger partial charge is 0.372 e. The van der Waals surface area contributed by atoms with Gasteiger partial charge in [0.1, 0.15) is 0 Å². The van der Waals surface area contributed by atoms with Crippen LogP contribution in [0.15, 0.2) is 16.0 Å². The summed E-state index contributed by atoms with van der Waals surface area (Å²) in [7, 11) is 0. The van der Waals surface area contributed by atoms with Crippen LogP contribution < -0.4 is 5.32 Å². The first-order valence-electron chi connectivity index (χ1n) is 7.69. The number of nitrogens with zero attached hydrogens (tertiary/aromatic N) is 2.